The van der Waals surface area contributed by atoms with Gasteiger partial charge in [-0.05, 0) is 12.8 Å². The van der Waals surface area contributed by atoms with Crippen LogP contribution in [-0.2, 0) is 14.6 Å². The molecule has 0 heterocycles. The topological polar surface area (TPSA) is 80.5 Å². The standard InChI is InChI=1S/C11H24N2O3S.ClH/c1-5-9(3)10(12)11(14)13(6-2)7-8-17(4,15)16;/h9-10H,5-8,12H2,1-4H3;1H. The van der Waals surface area contributed by atoms with E-state index in [9.17, 15) is 13.2 Å². The van der Waals surface area contributed by atoms with Crippen molar-refractivity contribution in [1.29, 1.82) is 0 Å². The first-order chi connectivity index (χ1) is 7.72. The Bertz CT molecular complexity index is 346. The van der Waals surface area contributed by atoms with Gasteiger partial charge in [0.1, 0.15) is 9.84 Å². The third-order valence-electron chi connectivity index (χ3n) is 2.97. The summed E-state index contributed by atoms with van der Waals surface area (Å²) in [6.45, 7) is 6.43. The minimum atomic E-state index is -3.05. The van der Waals surface area contributed by atoms with Gasteiger partial charge in [-0.25, -0.2) is 8.42 Å². The van der Waals surface area contributed by atoms with Gasteiger partial charge in [-0.15, -0.1) is 12.4 Å². The molecule has 110 valence electrons. The molecule has 18 heavy (non-hydrogen) atoms. The van der Waals surface area contributed by atoms with Crippen LogP contribution in [0.2, 0.25) is 0 Å². The molecule has 0 aromatic carbocycles. The second-order valence-corrected chi connectivity index (χ2v) is 6.72. The fourth-order valence-electron chi connectivity index (χ4n) is 1.41. The van der Waals surface area contributed by atoms with Gasteiger partial charge in [0, 0.05) is 19.3 Å². The SMILES string of the molecule is CCC(C)C(N)C(=O)N(CC)CCS(C)(=O)=O.Cl. The lowest BCUT2D eigenvalue weighted by molar-refractivity contribution is -0.133. The summed E-state index contributed by atoms with van der Waals surface area (Å²) in [4.78, 5) is 13.5. The van der Waals surface area contributed by atoms with Crippen molar-refractivity contribution < 1.29 is 13.2 Å². The predicted octanol–water partition coefficient (Wildman–Crippen LogP) is 0.675. The highest BCUT2D eigenvalue weighted by atomic mass is 35.5. The van der Waals surface area contributed by atoms with E-state index >= 15 is 0 Å². The summed E-state index contributed by atoms with van der Waals surface area (Å²) in [5, 5.41) is 0. The van der Waals surface area contributed by atoms with Crippen molar-refractivity contribution in [2.75, 3.05) is 25.1 Å². The molecule has 0 aliphatic heterocycles. The van der Waals surface area contributed by atoms with Crippen LogP contribution in [0.3, 0.4) is 0 Å². The Morgan fingerprint density at radius 3 is 2.17 bits per heavy atom. The summed E-state index contributed by atoms with van der Waals surface area (Å²) in [6.07, 6.45) is 2.00. The molecule has 0 saturated heterocycles. The molecule has 2 atom stereocenters. The normalized spacial score (nSPS) is 14.5. The molecule has 0 aliphatic carbocycles. The summed E-state index contributed by atoms with van der Waals surface area (Å²) < 4.78 is 22.1. The summed E-state index contributed by atoms with van der Waals surface area (Å²) in [5.41, 5.74) is 5.85. The van der Waals surface area contributed by atoms with Gasteiger partial charge in [0.15, 0.2) is 0 Å². The number of hydrogen-bond donors (Lipinski definition) is 1. The summed E-state index contributed by atoms with van der Waals surface area (Å²) in [6, 6.07) is -0.542. The van der Waals surface area contributed by atoms with E-state index in [4.69, 9.17) is 5.73 Å². The Labute approximate surface area is 116 Å². The molecule has 2 N–H and O–H groups in total. The van der Waals surface area contributed by atoms with E-state index in [1.807, 2.05) is 20.8 Å². The Balaban J connectivity index is 0. The second kappa shape index (κ2) is 8.72. The van der Waals surface area contributed by atoms with Gasteiger partial charge in [0.25, 0.3) is 0 Å². The van der Waals surface area contributed by atoms with Crippen molar-refractivity contribution in [3.05, 3.63) is 0 Å². The zero-order valence-electron chi connectivity index (χ0n) is 11.5. The Morgan fingerprint density at radius 1 is 1.33 bits per heavy atom. The summed E-state index contributed by atoms with van der Waals surface area (Å²) in [7, 11) is -3.05. The maximum absolute atomic E-state index is 12.0. The molecule has 0 radical (unpaired) electrons. The van der Waals surface area contributed by atoms with Crippen LogP contribution >= 0.6 is 12.4 Å². The van der Waals surface area contributed by atoms with Crippen molar-refractivity contribution in [3.8, 4) is 0 Å². The molecule has 0 aliphatic rings. The molecule has 1 amide bonds. The van der Waals surface area contributed by atoms with Crippen LogP contribution < -0.4 is 5.73 Å². The highest BCUT2D eigenvalue weighted by Crippen LogP contribution is 2.08. The van der Waals surface area contributed by atoms with Gasteiger partial charge >= 0.3 is 0 Å². The van der Waals surface area contributed by atoms with Crippen molar-refractivity contribution in [2.45, 2.75) is 33.2 Å². The Morgan fingerprint density at radius 2 is 1.83 bits per heavy atom. The van der Waals surface area contributed by atoms with Crippen molar-refractivity contribution in [3.63, 3.8) is 0 Å². The lowest BCUT2D eigenvalue weighted by atomic mass is 9.99. The smallest absolute Gasteiger partial charge is 0.239 e. The van der Waals surface area contributed by atoms with Gasteiger partial charge in [0.05, 0.1) is 11.8 Å². The quantitative estimate of drug-likeness (QED) is 0.749. The molecule has 0 spiro atoms. The first kappa shape index (κ1) is 20.0. The third kappa shape index (κ3) is 7.18. The number of sulfone groups is 1. The van der Waals surface area contributed by atoms with Crippen LogP contribution in [0.25, 0.3) is 0 Å². The van der Waals surface area contributed by atoms with E-state index < -0.39 is 15.9 Å². The molecule has 0 aromatic rings. The van der Waals surface area contributed by atoms with Gasteiger partial charge in [-0.3, -0.25) is 4.79 Å². The monoisotopic (exact) mass is 300 g/mol. The summed E-state index contributed by atoms with van der Waals surface area (Å²) in [5.74, 6) is -0.0694. The van der Waals surface area contributed by atoms with E-state index in [0.717, 1.165) is 6.42 Å². The van der Waals surface area contributed by atoms with E-state index in [-0.39, 0.29) is 36.5 Å². The van der Waals surface area contributed by atoms with Crippen LogP contribution in [0.1, 0.15) is 27.2 Å². The van der Waals surface area contributed by atoms with Gasteiger partial charge in [-0.1, -0.05) is 20.3 Å². The number of carbonyl (C=O) groups is 1. The lowest BCUT2D eigenvalue weighted by Gasteiger charge is -2.26. The minimum absolute atomic E-state index is 0. The molecule has 0 bridgehead atoms. The molecule has 0 rings (SSSR count). The van der Waals surface area contributed by atoms with Gasteiger partial charge in [-0.2, -0.15) is 0 Å². The number of hydrogen-bond acceptors (Lipinski definition) is 4. The van der Waals surface area contributed by atoms with E-state index in [1.165, 1.54) is 11.2 Å². The molecule has 0 saturated carbocycles. The van der Waals surface area contributed by atoms with Crippen LogP contribution in [-0.4, -0.2) is 50.4 Å². The molecule has 5 nitrogen and oxygen atoms in total. The number of amides is 1. The van der Waals surface area contributed by atoms with E-state index in [2.05, 4.69) is 0 Å². The molecule has 2 unspecified atom stereocenters. The van der Waals surface area contributed by atoms with Gasteiger partial charge < -0.3 is 10.6 Å². The first-order valence-electron chi connectivity index (χ1n) is 5.95. The minimum Gasteiger partial charge on any atom is -0.341 e. The van der Waals surface area contributed by atoms with Crippen LogP contribution in [0.15, 0.2) is 0 Å². The number of rotatable bonds is 7. The fourth-order valence-corrected chi connectivity index (χ4v) is 1.96. The van der Waals surface area contributed by atoms with E-state index in [0.29, 0.717) is 6.54 Å². The van der Waals surface area contributed by atoms with Crippen LogP contribution in [0, 0.1) is 5.92 Å². The predicted molar refractivity (Wildman–Crippen MR) is 76.6 cm³/mol. The molecule has 7 heteroatoms. The Hall–Kier alpha value is -0.330. The molecular weight excluding hydrogens is 276 g/mol. The average molecular weight is 301 g/mol. The fraction of sp³-hybridized carbons (Fsp3) is 0.909. The largest absolute Gasteiger partial charge is 0.341 e. The number of halogens is 1. The van der Waals surface area contributed by atoms with Crippen molar-refractivity contribution in [1.82, 2.24) is 4.90 Å². The molecule has 0 aromatic heterocycles. The maximum Gasteiger partial charge on any atom is 0.239 e. The van der Waals surface area contributed by atoms with Crippen molar-refractivity contribution in [2.24, 2.45) is 11.7 Å². The van der Waals surface area contributed by atoms with E-state index in [1.54, 1.807) is 0 Å². The summed E-state index contributed by atoms with van der Waals surface area (Å²) >= 11 is 0. The first-order valence-corrected chi connectivity index (χ1v) is 8.01. The zero-order valence-corrected chi connectivity index (χ0v) is 13.2. The second-order valence-electron chi connectivity index (χ2n) is 4.46. The highest BCUT2D eigenvalue weighted by Gasteiger charge is 2.24. The molecular formula is C11H25ClN2O3S. The zero-order chi connectivity index (χ0) is 13.6. The highest BCUT2D eigenvalue weighted by molar-refractivity contribution is 7.90. The molecule has 0 fully saturated rings. The average Bonchev–Trinajstić information content (AvgIpc) is 2.25. The number of nitrogens with two attached hydrogens (primary N) is 1. The number of likely N-dealkylation sites (N-methyl/N-ethyl adjacent to an activating group) is 1. The van der Waals surface area contributed by atoms with Crippen LogP contribution in [0.5, 0.6) is 0 Å². The maximum atomic E-state index is 12.0. The number of nitrogens with zero attached hydrogens (tertiary/aromatic N) is 1. The Kier molecular flexibility index (Phi) is 9.68. The number of carbonyl (C=O) groups excluding carboxylic acids is 1. The lowest BCUT2D eigenvalue weighted by Crippen LogP contribution is -2.48. The van der Waals surface area contributed by atoms with Gasteiger partial charge in [0.2, 0.25) is 5.91 Å². The van der Waals surface area contributed by atoms with Crippen LogP contribution in [0.4, 0.5) is 0 Å². The van der Waals surface area contributed by atoms with Crippen molar-refractivity contribution >= 4 is 28.2 Å². The third-order valence-corrected chi connectivity index (χ3v) is 3.89.